The van der Waals surface area contributed by atoms with Crippen LogP contribution in [-0.2, 0) is 28.9 Å². The van der Waals surface area contributed by atoms with Crippen molar-refractivity contribution in [3.05, 3.63) is 89.7 Å². The first-order chi connectivity index (χ1) is 17.3. The lowest BCUT2D eigenvalue weighted by Crippen LogP contribution is -2.49. The number of carbonyl (C=O) groups is 1. The standard InChI is InChI=1S/C27H24F3N3O3/c1-35-26(34)20-15-32(16-20)14-19-7-5-6-18-12-23(10-11-24(18)19)36-17-21-13-25(27(28,29)30)33(31-21)22-8-3-2-4-9-22/h2-13,20H,14-17H2,1H3. The number of rotatable bonds is 7. The minimum Gasteiger partial charge on any atom is -0.487 e. The SMILES string of the molecule is COC(=O)C1CN(Cc2cccc3cc(OCc4cc(C(F)(F)F)n(-c5ccccc5)n4)ccc23)C1. The van der Waals surface area contributed by atoms with Gasteiger partial charge in [-0.15, -0.1) is 0 Å². The van der Waals surface area contributed by atoms with Gasteiger partial charge in [0.2, 0.25) is 0 Å². The van der Waals surface area contributed by atoms with Crippen molar-refractivity contribution in [3.63, 3.8) is 0 Å². The fourth-order valence-corrected chi connectivity index (χ4v) is 4.44. The predicted octanol–water partition coefficient (Wildman–Crippen LogP) is 5.23. The van der Waals surface area contributed by atoms with Crippen LogP contribution in [0.2, 0.25) is 0 Å². The van der Waals surface area contributed by atoms with E-state index in [0.717, 1.165) is 27.1 Å². The highest BCUT2D eigenvalue weighted by Gasteiger charge is 2.36. The van der Waals surface area contributed by atoms with Crippen molar-refractivity contribution in [2.75, 3.05) is 20.2 Å². The summed E-state index contributed by atoms with van der Waals surface area (Å²) in [7, 11) is 1.40. The van der Waals surface area contributed by atoms with Gasteiger partial charge >= 0.3 is 12.1 Å². The Morgan fingerprint density at radius 1 is 1.03 bits per heavy atom. The highest BCUT2D eigenvalue weighted by molar-refractivity contribution is 5.87. The number of para-hydroxylation sites is 1. The molecule has 6 nitrogen and oxygen atoms in total. The molecule has 1 aliphatic rings. The number of aromatic nitrogens is 2. The Labute approximate surface area is 205 Å². The molecule has 0 radical (unpaired) electrons. The smallest absolute Gasteiger partial charge is 0.433 e. The van der Waals surface area contributed by atoms with Crippen LogP contribution in [0.25, 0.3) is 16.5 Å². The average molecular weight is 496 g/mol. The number of benzene rings is 3. The summed E-state index contributed by atoms with van der Waals surface area (Å²) in [5, 5.41) is 6.16. The number of ether oxygens (including phenoxy) is 2. The molecule has 0 atom stereocenters. The van der Waals surface area contributed by atoms with Crippen molar-refractivity contribution in [1.82, 2.24) is 14.7 Å². The zero-order chi connectivity index (χ0) is 25.3. The van der Waals surface area contributed by atoms with Crippen molar-refractivity contribution >= 4 is 16.7 Å². The first-order valence-electron chi connectivity index (χ1n) is 11.5. The van der Waals surface area contributed by atoms with Crippen molar-refractivity contribution in [1.29, 1.82) is 0 Å². The molecule has 0 unspecified atom stereocenters. The van der Waals surface area contributed by atoms with Gasteiger partial charge in [-0.2, -0.15) is 18.3 Å². The highest BCUT2D eigenvalue weighted by atomic mass is 19.4. The lowest BCUT2D eigenvalue weighted by Gasteiger charge is -2.37. The van der Waals surface area contributed by atoms with E-state index in [-0.39, 0.29) is 24.2 Å². The molecule has 0 aliphatic carbocycles. The second kappa shape index (κ2) is 9.66. The number of halogens is 3. The fraction of sp³-hybridized carbons (Fsp3) is 0.259. The van der Waals surface area contributed by atoms with Crippen molar-refractivity contribution < 1.29 is 27.4 Å². The van der Waals surface area contributed by atoms with E-state index in [4.69, 9.17) is 9.47 Å². The number of hydrogen-bond donors (Lipinski definition) is 0. The monoisotopic (exact) mass is 495 g/mol. The molecule has 0 spiro atoms. The third-order valence-electron chi connectivity index (χ3n) is 6.27. The second-order valence-electron chi connectivity index (χ2n) is 8.77. The van der Waals surface area contributed by atoms with Crippen LogP contribution >= 0.6 is 0 Å². The predicted molar refractivity (Wildman–Crippen MR) is 128 cm³/mol. The van der Waals surface area contributed by atoms with Crippen LogP contribution in [0.3, 0.4) is 0 Å². The van der Waals surface area contributed by atoms with Gasteiger partial charge in [0.15, 0.2) is 0 Å². The van der Waals surface area contributed by atoms with Gasteiger partial charge in [-0.05, 0) is 46.7 Å². The lowest BCUT2D eigenvalue weighted by molar-refractivity contribution is -0.151. The van der Waals surface area contributed by atoms with Crippen LogP contribution in [0.5, 0.6) is 5.75 Å². The summed E-state index contributed by atoms with van der Waals surface area (Å²) >= 11 is 0. The van der Waals surface area contributed by atoms with E-state index in [0.29, 0.717) is 31.1 Å². The van der Waals surface area contributed by atoms with E-state index in [1.165, 1.54) is 7.11 Å². The molecule has 0 amide bonds. The molecule has 0 bridgehead atoms. The number of likely N-dealkylation sites (tertiary alicyclic amines) is 1. The highest BCUT2D eigenvalue weighted by Crippen LogP contribution is 2.32. The van der Waals surface area contributed by atoms with E-state index < -0.39 is 11.9 Å². The number of nitrogens with zero attached hydrogens (tertiary/aromatic N) is 3. The normalized spacial score (nSPS) is 14.6. The number of methoxy groups -OCH3 is 1. The molecule has 5 rings (SSSR count). The van der Waals surface area contributed by atoms with Crippen molar-refractivity contribution in [3.8, 4) is 11.4 Å². The fourth-order valence-electron chi connectivity index (χ4n) is 4.44. The molecule has 0 saturated carbocycles. The molecule has 9 heteroatoms. The average Bonchev–Trinajstić information content (AvgIpc) is 3.30. The van der Waals surface area contributed by atoms with Gasteiger partial charge in [0.1, 0.15) is 23.7 Å². The minimum atomic E-state index is -4.55. The van der Waals surface area contributed by atoms with Gasteiger partial charge in [-0.3, -0.25) is 9.69 Å². The Hall–Kier alpha value is -3.85. The summed E-state index contributed by atoms with van der Waals surface area (Å²) in [4.78, 5) is 13.8. The van der Waals surface area contributed by atoms with Crippen LogP contribution in [0, 0.1) is 5.92 Å². The first kappa shape index (κ1) is 23.9. The molecule has 36 heavy (non-hydrogen) atoms. The molecule has 4 aromatic rings. The van der Waals surface area contributed by atoms with Crippen molar-refractivity contribution in [2.45, 2.75) is 19.3 Å². The lowest BCUT2D eigenvalue weighted by atomic mass is 9.97. The Kier molecular flexibility index (Phi) is 6.40. The van der Waals surface area contributed by atoms with Crippen LogP contribution in [-0.4, -0.2) is 40.8 Å². The summed E-state index contributed by atoms with van der Waals surface area (Å²) in [6.07, 6.45) is -4.55. The van der Waals surface area contributed by atoms with Gasteiger partial charge in [0.05, 0.1) is 18.7 Å². The molecule has 0 N–H and O–H groups in total. The Morgan fingerprint density at radius 2 is 1.81 bits per heavy atom. The first-order valence-corrected chi connectivity index (χ1v) is 11.5. The number of fused-ring (bicyclic) bond motifs is 1. The molecule has 1 aromatic heterocycles. The second-order valence-corrected chi connectivity index (χ2v) is 8.77. The van der Waals surface area contributed by atoms with E-state index >= 15 is 0 Å². The number of carbonyl (C=O) groups excluding carboxylic acids is 1. The zero-order valence-electron chi connectivity index (χ0n) is 19.5. The van der Waals surface area contributed by atoms with Gasteiger partial charge in [0.25, 0.3) is 0 Å². The topological polar surface area (TPSA) is 56.6 Å². The third kappa shape index (κ3) is 4.92. The summed E-state index contributed by atoms with van der Waals surface area (Å²) in [5.74, 6) is 0.285. The van der Waals surface area contributed by atoms with Crippen molar-refractivity contribution in [2.24, 2.45) is 5.92 Å². The Morgan fingerprint density at radius 3 is 2.53 bits per heavy atom. The Balaban J connectivity index is 1.30. The molecule has 2 heterocycles. The van der Waals surface area contributed by atoms with Crippen LogP contribution in [0.4, 0.5) is 13.2 Å². The maximum absolute atomic E-state index is 13.6. The summed E-state index contributed by atoms with van der Waals surface area (Å²) in [6, 6.07) is 20.8. The summed E-state index contributed by atoms with van der Waals surface area (Å²) < 4.78 is 52.3. The van der Waals surface area contributed by atoms with E-state index in [2.05, 4.69) is 10.00 Å². The molecule has 1 saturated heterocycles. The van der Waals surface area contributed by atoms with Gasteiger partial charge in [-0.1, -0.05) is 42.5 Å². The van der Waals surface area contributed by atoms with Crippen LogP contribution in [0.15, 0.2) is 72.8 Å². The largest absolute Gasteiger partial charge is 0.487 e. The van der Waals surface area contributed by atoms with Gasteiger partial charge < -0.3 is 9.47 Å². The summed E-state index contributed by atoms with van der Waals surface area (Å²) in [5.41, 5.74) is 0.780. The maximum Gasteiger partial charge on any atom is 0.433 e. The molecule has 3 aromatic carbocycles. The van der Waals surface area contributed by atoms with Crippen LogP contribution in [0.1, 0.15) is 17.0 Å². The van der Waals surface area contributed by atoms with E-state index in [1.807, 2.05) is 30.3 Å². The molecule has 1 aliphatic heterocycles. The third-order valence-corrected chi connectivity index (χ3v) is 6.27. The molecule has 186 valence electrons. The van der Waals surface area contributed by atoms with E-state index in [9.17, 15) is 18.0 Å². The number of esters is 1. The molecular weight excluding hydrogens is 471 g/mol. The maximum atomic E-state index is 13.6. The summed E-state index contributed by atoms with van der Waals surface area (Å²) in [6.45, 7) is 1.94. The zero-order valence-corrected chi connectivity index (χ0v) is 19.5. The van der Waals surface area contributed by atoms with E-state index in [1.54, 1.807) is 36.4 Å². The molecular formula is C27H24F3N3O3. The quantitative estimate of drug-likeness (QED) is 0.329. The van der Waals surface area contributed by atoms with Crippen LogP contribution < -0.4 is 4.74 Å². The minimum absolute atomic E-state index is 0.0757. The number of alkyl halides is 3. The Bertz CT molecular complexity index is 1380. The molecule has 1 fully saturated rings. The van der Waals surface area contributed by atoms with Gasteiger partial charge in [-0.25, -0.2) is 4.68 Å². The van der Waals surface area contributed by atoms with Gasteiger partial charge in [0, 0.05) is 19.6 Å². The number of hydrogen-bond acceptors (Lipinski definition) is 5.